The third-order valence-electron chi connectivity index (χ3n) is 5.85. The largest absolute Gasteiger partial charge is 0.481 e. The highest BCUT2D eigenvalue weighted by molar-refractivity contribution is 5.66. The molecular weight excluding hydrogens is 268 g/mol. The van der Waals surface area contributed by atoms with E-state index in [9.17, 15) is 4.79 Å². The highest BCUT2D eigenvalue weighted by Gasteiger charge is 2.50. The molecule has 0 aromatic carbocycles. The summed E-state index contributed by atoms with van der Waals surface area (Å²) in [6.45, 7) is 0.622. The number of rotatable bonds is 5. The minimum atomic E-state index is -0.751. The van der Waals surface area contributed by atoms with Gasteiger partial charge in [0.15, 0.2) is 5.82 Å². The lowest BCUT2D eigenvalue weighted by molar-refractivity contribution is -0.137. The molecule has 1 N–H and O–H groups in total. The van der Waals surface area contributed by atoms with E-state index in [2.05, 4.69) is 15.5 Å². The van der Waals surface area contributed by atoms with Crippen LogP contribution in [0.5, 0.6) is 0 Å². The number of aromatic nitrogens is 4. The van der Waals surface area contributed by atoms with Gasteiger partial charge in [0.1, 0.15) is 0 Å². The Morgan fingerprint density at radius 2 is 1.81 bits per heavy atom. The van der Waals surface area contributed by atoms with E-state index in [1.54, 1.807) is 0 Å². The van der Waals surface area contributed by atoms with E-state index in [0.29, 0.717) is 18.9 Å². The molecule has 4 saturated carbocycles. The lowest BCUT2D eigenvalue weighted by Crippen LogP contribution is -2.44. The van der Waals surface area contributed by atoms with Crippen LogP contribution in [-0.4, -0.2) is 31.3 Å². The maximum atomic E-state index is 10.7. The van der Waals surface area contributed by atoms with Crippen molar-refractivity contribution in [2.45, 2.75) is 57.4 Å². The van der Waals surface area contributed by atoms with Gasteiger partial charge in [0, 0.05) is 18.9 Å². The summed E-state index contributed by atoms with van der Waals surface area (Å²) in [7, 11) is 0. The van der Waals surface area contributed by atoms with Gasteiger partial charge >= 0.3 is 5.97 Å². The van der Waals surface area contributed by atoms with Gasteiger partial charge in [-0.2, -0.15) is 0 Å². The van der Waals surface area contributed by atoms with Crippen LogP contribution >= 0.6 is 0 Å². The molecule has 4 fully saturated rings. The van der Waals surface area contributed by atoms with Gasteiger partial charge in [0.05, 0.1) is 0 Å². The van der Waals surface area contributed by atoms with Crippen molar-refractivity contribution in [2.75, 3.05) is 0 Å². The van der Waals surface area contributed by atoms with E-state index in [4.69, 9.17) is 5.11 Å². The van der Waals surface area contributed by atoms with Crippen LogP contribution in [0.15, 0.2) is 0 Å². The summed E-state index contributed by atoms with van der Waals surface area (Å²) in [5.41, 5.74) is 0. The highest BCUT2D eigenvalue weighted by atomic mass is 16.4. The van der Waals surface area contributed by atoms with Crippen molar-refractivity contribution >= 4 is 5.97 Å². The van der Waals surface area contributed by atoms with Gasteiger partial charge in [-0.3, -0.25) is 4.79 Å². The molecule has 5 rings (SSSR count). The van der Waals surface area contributed by atoms with Crippen molar-refractivity contribution in [3.63, 3.8) is 0 Å². The van der Waals surface area contributed by atoms with Crippen LogP contribution in [0.4, 0.5) is 0 Å². The van der Waals surface area contributed by atoms with E-state index in [-0.39, 0.29) is 6.42 Å². The molecule has 4 aliphatic carbocycles. The number of aliphatic carboxylic acids is 1. The Bertz CT molecular complexity index is 514. The fourth-order valence-electron chi connectivity index (χ4n) is 5.34. The van der Waals surface area contributed by atoms with Crippen molar-refractivity contribution in [3.05, 3.63) is 5.82 Å². The number of hydrogen-bond acceptors (Lipinski definition) is 4. The fourth-order valence-corrected chi connectivity index (χ4v) is 5.34. The van der Waals surface area contributed by atoms with Gasteiger partial charge in [-0.1, -0.05) is 0 Å². The number of carboxylic acid groups (broad SMARTS) is 1. The van der Waals surface area contributed by atoms with Crippen LogP contribution in [0.1, 0.15) is 56.7 Å². The number of aryl methyl sites for hydroxylation is 1. The highest BCUT2D eigenvalue weighted by Crippen LogP contribution is 2.59. The third-order valence-corrected chi connectivity index (χ3v) is 5.85. The summed E-state index contributed by atoms with van der Waals surface area (Å²) in [6, 6.07) is 0. The first kappa shape index (κ1) is 13.2. The van der Waals surface area contributed by atoms with Gasteiger partial charge in [-0.15, -0.1) is 5.10 Å². The van der Waals surface area contributed by atoms with E-state index in [0.717, 1.165) is 29.5 Å². The molecule has 4 bridgehead atoms. The maximum absolute atomic E-state index is 10.7. The second kappa shape index (κ2) is 5.07. The Morgan fingerprint density at radius 1 is 1.14 bits per heavy atom. The molecule has 0 spiro atoms. The summed E-state index contributed by atoms with van der Waals surface area (Å²) in [5, 5.41) is 21.1. The van der Waals surface area contributed by atoms with E-state index in [1.807, 2.05) is 4.68 Å². The number of nitrogens with zero attached hydrogens (tertiary/aromatic N) is 4. The average molecular weight is 290 g/mol. The number of carbonyl (C=O) groups is 1. The van der Waals surface area contributed by atoms with E-state index < -0.39 is 5.97 Å². The SMILES string of the molecule is O=C(O)CCCn1nnnc1C1C2CC3CC(C2)CC1C3. The van der Waals surface area contributed by atoms with Gasteiger partial charge in [-0.05, 0) is 72.6 Å². The lowest BCUT2D eigenvalue weighted by Gasteiger charge is -2.53. The molecule has 1 aromatic heterocycles. The zero-order valence-electron chi connectivity index (χ0n) is 12.2. The van der Waals surface area contributed by atoms with Gasteiger partial charge < -0.3 is 5.11 Å². The van der Waals surface area contributed by atoms with Crippen molar-refractivity contribution in [2.24, 2.45) is 23.7 Å². The van der Waals surface area contributed by atoms with Gasteiger partial charge in [-0.25, -0.2) is 4.68 Å². The van der Waals surface area contributed by atoms with Crippen LogP contribution in [0, 0.1) is 23.7 Å². The Morgan fingerprint density at radius 3 is 2.43 bits per heavy atom. The molecule has 4 aliphatic rings. The summed E-state index contributed by atoms with van der Waals surface area (Å²) in [4.78, 5) is 10.7. The van der Waals surface area contributed by atoms with Gasteiger partial charge in [0.25, 0.3) is 0 Å². The van der Waals surface area contributed by atoms with Crippen molar-refractivity contribution in [3.8, 4) is 0 Å². The summed E-state index contributed by atoms with van der Waals surface area (Å²) < 4.78 is 1.87. The predicted molar refractivity (Wildman–Crippen MR) is 74.5 cm³/mol. The van der Waals surface area contributed by atoms with Crippen LogP contribution in [-0.2, 0) is 11.3 Å². The first-order chi connectivity index (χ1) is 10.2. The third kappa shape index (κ3) is 2.34. The number of tetrazole rings is 1. The molecule has 0 unspecified atom stereocenters. The summed E-state index contributed by atoms with van der Waals surface area (Å²) >= 11 is 0. The molecule has 0 amide bonds. The standard InChI is InChI=1S/C15H22N4O2/c20-13(21)2-1-3-19-15(16-17-18-19)14-11-5-9-4-10(7-11)8-12(14)6-9/h9-12,14H,1-8H2,(H,20,21). The second-order valence-electron chi connectivity index (χ2n) is 7.21. The number of carboxylic acids is 1. The quantitative estimate of drug-likeness (QED) is 0.898. The zero-order chi connectivity index (χ0) is 14.4. The maximum Gasteiger partial charge on any atom is 0.303 e. The molecule has 0 radical (unpaired) electrons. The molecule has 1 aromatic rings. The smallest absolute Gasteiger partial charge is 0.303 e. The van der Waals surface area contributed by atoms with Crippen LogP contribution < -0.4 is 0 Å². The Hall–Kier alpha value is -1.46. The van der Waals surface area contributed by atoms with E-state index in [1.165, 1.54) is 32.1 Å². The van der Waals surface area contributed by atoms with Crippen LogP contribution in [0.3, 0.4) is 0 Å². The molecule has 114 valence electrons. The molecule has 6 heteroatoms. The number of hydrogen-bond donors (Lipinski definition) is 1. The normalized spacial score (nSPS) is 37.0. The molecule has 0 aliphatic heterocycles. The molecule has 0 saturated heterocycles. The molecule has 6 nitrogen and oxygen atoms in total. The Labute approximate surface area is 123 Å². The fraction of sp³-hybridized carbons (Fsp3) is 0.867. The molecule has 21 heavy (non-hydrogen) atoms. The summed E-state index contributed by atoms with van der Waals surface area (Å²) in [5.74, 6) is 4.18. The van der Waals surface area contributed by atoms with E-state index >= 15 is 0 Å². The molecule has 1 heterocycles. The minimum absolute atomic E-state index is 0.182. The first-order valence-electron chi connectivity index (χ1n) is 8.18. The summed E-state index contributed by atoms with van der Waals surface area (Å²) in [6.07, 6.45) is 7.61. The van der Waals surface area contributed by atoms with Crippen molar-refractivity contribution in [1.82, 2.24) is 20.2 Å². The van der Waals surface area contributed by atoms with Crippen molar-refractivity contribution < 1.29 is 9.90 Å². The first-order valence-corrected chi connectivity index (χ1v) is 8.18. The Balaban J connectivity index is 1.51. The molecule has 0 atom stereocenters. The predicted octanol–water partition coefficient (Wildman–Crippen LogP) is 2.08. The van der Waals surface area contributed by atoms with Gasteiger partial charge in [0.2, 0.25) is 0 Å². The topological polar surface area (TPSA) is 80.9 Å². The van der Waals surface area contributed by atoms with Crippen LogP contribution in [0.2, 0.25) is 0 Å². The minimum Gasteiger partial charge on any atom is -0.481 e. The van der Waals surface area contributed by atoms with Crippen molar-refractivity contribution in [1.29, 1.82) is 0 Å². The Kier molecular flexibility index (Phi) is 3.19. The zero-order valence-corrected chi connectivity index (χ0v) is 12.2. The second-order valence-corrected chi connectivity index (χ2v) is 7.21. The monoisotopic (exact) mass is 290 g/mol. The molecular formula is C15H22N4O2. The lowest BCUT2D eigenvalue weighted by atomic mass is 9.51. The average Bonchev–Trinajstić information content (AvgIpc) is 2.85. The van der Waals surface area contributed by atoms with Crippen LogP contribution in [0.25, 0.3) is 0 Å².